The van der Waals surface area contributed by atoms with E-state index in [0.29, 0.717) is 0 Å². The van der Waals surface area contributed by atoms with E-state index >= 15 is 0 Å². The predicted octanol–water partition coefficient (Wildman–Crippen LogP) is 2.74. The lowest BCUT2D eigenvalue weighted by Crippen LogP contribution is -2.39. The molecule has 0 bridgehead atoms. The van der Waals surface area contributed by atoms with Crippen LogP contribution in [0.3, 0.4) is 0 Å². The fraction of sp³-hybridized carbons (Fsp3) is 0.364. The van der Waals surface area contributed by atoms with Crippen molar-refractivity contribution in [3.05, 3.63) is 29.8 Å². The van der Waals surface area contributed by atoms with Crippen LogP contribution >= 0.6 is 10.7 Å². The van der Waals surface area contributed by atoms with Crippen molar-refractivity contribution in [2.45, 2.75) is 30.5 Å². The second kappa shape index (κ2) is 6.01. The third-order valence-corrected chi connectivity index (χ3v) is 3.92. The van der Waals surface area contributed by atoms with E-state index in [1.807, 2.05) is 0 Å². The van der Waals surface area contributed by atoms with E-state index < -0.39 is 27.2 Å². The van der Waals surface area contributed by atoms with E-state index in [4.69, 9.17) is 10.7 Å². The van der Waals surface area contributed by atoms with Gasteiger partial charge in [0.2, 0.25) is 0 Å². The van der Waals surface area contributed by atoms with Crippen molar-refractivity contribution < 1.29 is 26.4 Å². The summed E-state index contributed by atoms with van der Waals surface area (Å²) >= 11 is 0. The Morgan fingerprint density at radius 2 is 1.90 bits per heavy atom. The number of carbonyl (C=O) groups is 1. The summed E-state index contributed by atoms with van der Waals surface area (Å²) in [6.45, 7) is 1.51. The molecular weight excluding hydrogens is 319 g/mol. The largest absolute Gasteiger partial charge is 0.471 e. The van der Waals surface area contributed by atoms with Crippen molar-refractivity contribution in [1.82, 2.24) is 5.32 Å². The average molecular weight is 330 g/mol. The molecule has 1 aromatic carbocycles. The van der Waals surface area contributed by atoms with Crippen molar-refractivity contribution in [3.63, 3.8) is 0 Å². The number of nitrogens with one attached hydrogen (secondary N) is 1. The van der Waals surface area contributed by atoms with Gasteiger partial charge in [-0.05, 0) is 18.1 Å². The molecule has 9 heteroatoms. The first-order chi connectivity index (χ1) is 9.07. The summed E-state index contributed by atoms with van der Waals surface area (Å²) in [5, 5.41) is 1.75. The van der Waals surface area contributed by atoms with Crippen LogP contribution in [0.15, 0.2) is 29.2 Å². The van der Waals surface area contributed by atoms with Crippen LogP contribution in [-0.4, -0.2) is 20.5 Å². The fourth-order valence-electron chi connectivity index (χ4n) is 1.63. The molecule has 0 aliphatic rings. The van der Waals surface area contributed by atoms with Gasteiger partial charge in [0.05, 0.1) is 10.9 Å². The minimum atomic E-state index is -5.04. The van der Waals surface area contributed by atoms with E-state index in [1.165, 1.54) is 31.2 Å². The van der Waals surface area contributed by atoms with Gasteiger partial charge in [0, 0.05) is 10.7 Å². The minimum absolute atomic E-state index is 0.0163. The summed E-state index contributed by atoms with van der Waals surface area (Å²) < 4.78 is 59.5. The van der Waals surface area contributed by atoms with Crippen LogP contribution in [0.1, 0.15) is 24.9 Å². The molecule has 0 heterocycles. The van der Waals surface area contributed by atoms with Crippen LogP contribution in [-0.2, 0) is 13.8 Å². The molecule has 0 saturated carbocycles. The first-order valence-electron chi connectivity index (χ1n) is 5.48. The Balaban J connectivity index is 3.18. The molecule has 1 amide bonds. The Hall–Kier alpha value is -1.28. The van der Waals surface area contributed by atoms with Crippen molar-refractivity contribution >= 4 is 25.6 Å². The molecule has 1 N–H and O–H groups in total. The summed E-state index contributed by atoms with van der Waals surface area (Å²) in [5.74, 6) is -2.13. The molecule has 0 spiro atoms. The lowest BCUT2D eigenvalue weighted by Gasteiger charge is -2.20. The van der Waals surface area contributed by atoms with Crippen LogP contribution in [0, 0.1) is 0 Å². The molecule has 4 nitrogen and oxygen atoms in total. The number of carbonyl (C=O) groups excluding carboxylic acids is 1. The highest BCUT2D eigenvalue weighted by atomic mass is 35.7. The standard InChI is InChI=1S/C11H11ClF3NO3S/c1-2-8(16-10(17)11(13,14)15)7-5-3-4-6-9(7)20(12,18)19/h3-6,8H,2H2,1H3,(H,16,17)/t8-/m1/s1. The summed E-state index contributed by atoms with van der Waals surface area (Å²) in [7, 11) is 1.11. The Morgan fingerprint density at radius 1 is 1.35 bits per heavy atom. The highest BCUT2D eigenvalue weighted by Crippen LogP contribution is 2.28. The Bertz CT molecular complexity index is 601. The SMILES string of the molecule is CC[C@@H](NC(=O)C(F)(F)F)c1ccccc1S(=O)(=O)Cl. The quantitative estimate of drug-likeness (QED) is 0.864. The summed E-state index contributed by atoms with van der Waals surface area (Å²) in [6, 6.07) is 4.20. The van der Waals surface area contributed by atoms with Crippen LogP contribution < -0.4 is 5.32 Å². The van der Waals surface area contributed by atoms with Gasteiger partial charge in [-0.2, -0.15) is 13.2 Å². The van der Waals surface area contributed by atoms with Crippen LogP contribution in [0.25, 0.3) is 0 Å². The molecule has 1 atom stereocenters. The van der Waals surface area contributed by atoms with E-state index in [9.17, 15) is 26.4 Å². The zero-order valence-corrected chi connectivity index (χ0v) is 11.8. The molecule has 0 radical (unpaired) electrons. The molecule has 0 saturated heterocycles. The van der Waals surface area contributed by atoms with Crippen molar-refractivity contribution in [3.8, 4) is 0 Å². The maximum Gasteiger partial charge on any atom is 0.471 e. The molecule has 20 heavy (non-hydrogen) atoms. The number of rotatable bonds is 4. The molecular formula is C11H11ClF3NO3S. The summed E-state index contributed by atoms with van der Waals surface area (Å²) in [5.41, 5.74) is 0.0163. The molecule has 0 aliphatic carbocycles. The normalized spacial score (nSPS) is 13.8. The zero-order chi connectivity index (χ0) is 15.6. The van der Waals surface area contributed by atoms with E-state index in [2.05, 4.69) is 0 Å². The second-order valence-electron chi connectivity index (χ2n) is 3.91. The Morgan fingerprint density at radius 3 is 2.35 bits per heavy atom. The highest BCUT2D eigenvalue weighted by Gasteiger charge is 2.40. The number of hydrogen-bond donors (Lipinski definition) is 1. The Kier molecular flexibility index (Phi) is 5.04. The monoisotopic (exact) mass is 329 g/mol. The molecule has 0 aromatic heterocycles. The number of alkyl halides is 3. The van der Waals surface area contributed by atoms with E-state index in [-0.39, 0.29) is 16.9 Å². The summed E-state index contributed by atoms with van der Waals surface area (Å²) in [6.07, 6.45) is -4.96. The molecule has 1 aromatic rings. The van der Waals surface area contributed by atoms with E-state index in [0.717, 1.165) is 0 Å². The van der Waals surface area contributed by atoms with Gasteiger partial charge >= 0.3 is 12.1 Å². The number of amides is 1. The van der Waals surface area contributed by atoms with Crippen molar-refractivity contribution in [1.29, 1.82) is 0 Å². The average Bonchev–Trinajstić information content (AvgIpc) is 2.33. The fourth-order valence-corrected chi connectivity index (χ4v) is 2.78. The van der Waals surface area contributed by atoms with Crippen molar-refractivity contribution in [2.24, 2.45) is 0 Å². The number of benzene rings is 1. The Labute approximate surface area is 118 Å². The molecule has 0 fully saturated rings. The summed E-state index contributed by atoms with van der Waals surface area (Å²) in [4.78, 5) is 10.6. The first kappa shape index (κ1) is 16.8. The third kappa shape index (κ3) is 4.11. The smallest absolute Gasteiger partial charge is 0.341 e. The lowest BCUT2D eigenvalue weighted by atomic mass is 10.0. The minimum Gasteiger partial charge on any atom is -0.341 e. The number of halogens is 4. The number of hydrogen-bond acceptors (Lipinski definition) is 3. The predicted molar refractivity (Wildman–Crippen MR) is 66.7 cm³/mol. The van der Waals surface area contributed by atoms with Gasteiger partial charge in [0.1, 0.15) is 0 Å². The van der Waals surface area contributed by atoms with Crippen LogP contribution in [0.4, 0.5) is 13.2 Å². The van der Waals surface area contributed by atoms with Gasteiger partial charge in [0.15, 0.2) is 0 Å². The topological polar surface area (TPSA) is 63.2 Å². The van der Waals surface area contributed by atoms with Gasteiger partial charge in [-0.25, -0.2) is 8.42 Å². The molecule has 0 unspecified atom stereocenters. The van der Waals surface area contributed by atoms with Gasteiger partial charge in [0.25, 0.3) is 9.05 Å². The lowest BCUT2D eigenvalue weighted by molar-refractivity contribution is -0.174. The van der Waals surface area contributed by atoms with Crippen LogP contribution in [0.5, 0.6) is 0 Å². The van der Waals surface area contributed by atoms with Crippen LogP contribution in [0.2, 0.25) is 0 Å². The molecule has 0 aliphatic heterocycles. The second-order valence-corrected chi connectivity index (χ2v) is 6.44. The van der Waals surface area contributed by atoms with Crippen molar-refractivity contribution in [2.75, 3.05) is 0 Å². The maximum absolute atomic E-state index is 12.2. The van der Waals surface area contributed by atoms with Gasteiger partial charge in [-0.1, -0.05) is 25.1 Å². The zero-order valence-electron chi connectivity index (χ0n) is 10.2. The third-order valence-electron chi connectivity index (χ3n) is 2.53. The first-order valence-corrected chi connectivity index (χ1v) is 7.79. The van der Waals surface area contributed by atoms with Gasteiger partial charge < -0.3 is 5.32 Å². The van der Waals surface area contributed by atoms with E-state index in [1.54, 1.807) is 5.32 Å². The van der Waals surface area contributed by atoms with Gasteiger partial charge in [-0.3, -0.25) is 4.79 Å². The molecule has 112 valence electrons. The highest BCUT2D eigenvalue weighted by molar-refractivity contribution is 8.13. The van der Waals surface area contributed by atoms with Gasteiger partial charge in [-0.15, -0.1) is 0 Å². The molecule has 1 rings (SSSR count). The maximum atomic E-state index is 12.2.